The summed E-state index contributed by atoms with van der Waals surface area (Å²) in [5.74, 6) is 1.19. The van der Waals surface area contributed by atoms with Crippen LogP contribution in [-0.2, 0) is 4.79 Å². The molecule has 1 heterocycles. The van der Waals surface area contributed by atoms with Crippen molar-refractivity contribution < 1.29 is 14.3 Å². The third-order valence-corrected chi connectivity index (χ3v) is 5.48. The molecule has 0 aromatic heterocycles. The first kappa shape index (κ1) is 18.4. The van der Waals surface area contributed by atoms with Gasteiger partial charge in [-0.3, -0.25) is 4.79 Å². The van der Waals surface area contributed by atoms with Crippen molar-refractivity contribution in [2.75, 3.05) is 24.9 Å². The summed E-state index contributed by atoms with van der Waals surface area (Å²) in [7, 11) is 3.26. The average Bonchev–Trinajstić information content (AvgIpc) is 2.82. The van der Waals surface area contributed by atoms with Crippen molar-refractivity contribution in [2.45, 2.75) is 26.3 Å². The van der Waals surface area contributed by atoms with E-state index in [0.717, 1.165) is 22.6 Å². The Morgan fingerprint density at radius 3 is 2.46 bits per heavy atom. The second-order valence-electron chi connectivity index (χ2n) is 8.08. The normalized spacial score (nSPS) is 22.6. The van der Waals surface area contributed by atoms with Crippen molar-refractivity contribution in [2.24, 2.45) is 11.3 Å². The molecule has 4 rings (SSSR count). The number of rotatable bonds is 3. The van der Waals surface area contributed by atoms with Crippen LogP contribution in [0.2, 0.25) is 0 Å². The zero-order valence-corrected chi connectivity index (χ0v) is 16.7. The Balaban J connectivity index is 1.92. The Morgan fingerprint density at radius 1 is 1.00 bits per heavy atom. The molecule has 2 atom stereocenters. The van der Waals surface area contributed by atoms with Crippen molar-refractivity contribution in [3.8, 4) is 11.5 Å². The van der Waals surface area contributed by atoms with Gasteiger partial charge in [0.2, 0.25) is 0 Å². The molecular weight excluding hydrogens is 352 g/mol. The minimum absolute atomic E-state index is 0.182. The summed E-state index contributed by atoms with van der Waals surface area (Å²) in [4.78, 5) is 13.3. The Bertz CT molecular complexity index is 949. The molecule has 0 radical (unpaired) electrons. The standard InChI is InChI=1S/C23H26N2O3/c1-23(2)12-17-20(18(26)13-23)21(25-16-10-6-5-9-15(16)24-17)14-8-7-11-19(27-3)22(14)28-4/h5-12,20-21,24-25H,13H2,1-4H3. The topological polar surface area (TPSA) is 59.6 Å². The second-order valence-corrected chi connectivity index (χ2v) is 8.08. The van der Waals surface area contributed by atoms with Crippen LogP contribution < -0.4 is 20.1 Å². The zero-order valence-electron chi connectivity index (χ0n) is 16.7. The number of Topliss-reactive ketones (excluding diaryl/α,β-unsaturated/α-hetero) is 1. The fourth-order valence-electron chi connectivity index (χ4n) is 4.31. The van der Waals surface area contributed by atoms with Gasteiger partial charge in [-0.1, -0.05) is 44.2 Å². The Kier molecular flexibility index (Phi) is 4.53. The molecule has 0 saturated carbocycles. The van der Waals surface area contributed by atoms with Crippen LogP contribution in [0.3, 0.4) is 0 Å². The monoisotopic (exact) mass is 378 g/mol. The van der Waals surface area contributed by atoms with Gasteiger partial charge in [0.05, 0.1) is 37.6 Å². The summed E-state index contributed by atoms with van der Waals surface area (Å²) in [6.45, 7) is 4.20. The van der Waals surface area contributed by atoms with E-state index >= 15 is 0 Å². The van der Waals surface area contributed by atoms with Gasteiger partial charge in [-0.15, -0.1) is 0 Å². The van der Waals surface area contributed by atoms with Crippen LogP contribution in [0.4, 0.5) is 11.4 Å². The minimum atomic E-state index is -0.332. The van der Waals surface area contributed by atoms with Gasteiger partial charge in [-0.2, -0.15) is 0 Å². The number of nitrogens with one attached hydrogen (secondary N) is 2. The predicted molar refractivity (Wildman–Crippen MR) is 111 cm³/mol. The van der Waals surface area contributed by atoms with Gasteiger partial charge in [0.15, 0.2) is 11.5 Å². The van der Waals surface area contributed by atoms with Crippen molar-refractivity contribution in [1.82, 2.24) is 0 Å². The molecule has 2 aromatic carbocycles. The largest absolute Gasteiger partial charge is 0.493 e. The van der Waals surface area contributed by atoms with E-state index < -0.39 is 0 Å². The lowest BCUT2D eigenvalue weighted by molar-refractivity contribution is -0.124. The number of hydrogen-bond acceptors (Lipinski definition) is 5. The first-order chi connectivity index (χ1) is 13.4. The third-order valence-electron chi connectivity index (χ3n) is 5.48. The Morgan fingerprint density at radius 2 is 1.75 bits per heavy atom. The molecule has 0 bridgehead atoms. The van der Waals surface area contributed by atoms with Gasteiger partial charge < -0.3 is 20.1 Å². The number of hydrogen-bond donors (Lipinski definition) is 2. The SMILES string of the molecule is COc1cccc(C2Nc3ccccc3NC3=CC(C)(C)CC(=O)C32)c1OC. The number of allylic oxidation sites excluding steroid dienone is 1. The van der Waals surface area contributed by atoms with E-state index in [1.807, 2.05) is 42.5 Å². The molecule has 0 saturated heterocycles. The van der Waals surface area contributed by atoms with Gasteiger partial charge >= 0.3 is 0 Å². The van der Waals surface area contributed by atoms with E-state index in [1.54, 1.807) is 14.2 Å². The molecule has 0 spiro atoms. The maximum absolute atomic E-state index is 13.3. The maximum atomic E-state index is 13.3. The van der Waals surface area contributed by atoms with Gasteiger partial charge in [0.25, 0.3) is 0 Å². The second kappa shape index (κ2) is 6.89. The molecule has 2 N–H and O–H groups in total. The van der Waals surface area contributed by atoms with E-state index in [9.17, 15) is 4.79 Å². The molecule has 2 unspecified atom stereocenters. The number of fused-ring (bicyclic) bond motifs is 2. The highest BCUT2D eigenvalue weighted by Gasteiger charge is 2.42. The smallest absolute Gasteiger partial charge is 0.166 e. The van der Waals surface area contributed by atoms with E-state index in [0.29, 0.717) is 17.9 Å². The summed E-state index contributed by atoms with van der Waals surface area (Å²) in [6, 6.07) is 13.6. The van der Waals surface area contributed by atoms with E-state index in [2.05, 4.69) is 30.6 Å². The Labute approximate surface area is 165 Å². The number of methoxy groups -OCH3 is 2. The third kappa shape index (κ3) is 3.11. The molecule has 146 valence electrons. The van der Waals surface area contributed by atoms with Crippen LogP contribution in [0.1, 0.15) is 31.9 Å². The van der Waals surface area contributed by atoms with Crippen molar-refractivity contribution in [3.63, 3.8) is 0 Å². The fraction of sp³-hybridized carbons (Fsp3) is 0.348. The van der Waals surface area contributed by atoms with Crippen LogP contribution in [-0.4, -0.2) is 20.0 Å². The minimum Gasteiger partial charge on any atom is -0.493 e. The predicted octanol–water partition coefficient (Wildman–Crippen LogP) is 4.78. The summed E-state index contributed by atoms with van der Waals surface area (Å²) < 4.78 is 11.2. The molecular formula is C23H26N2O3. The highest BCUT2D eigenvalue weighted by Crippen LogP contribution is 2.48. The highest BCUT2D eigenvalue weighted by molar-refractivity contribution is 5.90. The molecule has 5 heteroatoms. The number of ketones is 1. The highest BCUT2D eigenvalue weighted by atomic mass is 16.5. The van der Waals surface area contributed by atoms with Gasteiger partial charge in [0, 0.05) is 17.7 Å². The fourth-order valence-corrected chi connectivity index (χ4v) is 4.31. The molecule has 1 aliphatic carbocycles. The average molecular weight is 378 g/mol. The van der Waals surface area contributed by atoms with Crippen molar-refractivity contribution in [1.29, 1.82) is 0 Å². The molecule has 2 aromatic rings. The number of anilines is 2. The van der Waals surface area contributed by atoms with E-state index in [-0.39, 0.29) is 23.2 Å². The molecule has 2 aliphatic rings. The van der Waals surface area contributed by atoms with Crippen molar-refractivity contribution in [3.05, 3.63) is 59.8 Å². The Hall–Kier alpha value is -2.95. The van der Waals surface area contributed by atoms with E-state index in [4.69, 9.17) is 9.47 Å². The van der Waals surface area contributed by atoms with Crippen molar-refractivity contribution >= 4 is 17.2 Å². The number of carbonyl (C=O) groups excluding carboxylic acids is 1. The summed E-state index contributed by atoms with van der Waals surface area (Å²) in [5.41, 5.74) is 3.59. The summed E-state index contributed by atoms with van der Waals surface area (Å²) >= 11 is 0. The van der Waals surface area contributed by atoms with E-state index in [1.165, 1.54) is 0 Å². The molecule has 5 nitrogen and oxygen atoms in total. The zero-order chi connectivity index (χ0) is 19.9. The number of carbonyl (C=O) groups is 1. The van der Waals surface area contributed by atoms with Crippen LogP contribution in [0.25, 0.3) is 0 Å². The van der Waals surface area contributed by atoms with Gasteiger partial charge in [-0.05, 0) is 23.6 Å². The first-order valence-electron chi connectivity index (χ1n) is 9.52. The molecule has 0 fully saturated rings. The van der Waals surface area contributed by atoms with Gasteiger partial charge in [0.1, 0.15) is 5.78 Å². The summed E-state index contributed by atoms with van der Waals surface area (Å²) in [5, 5.41) is 7.12. The first-order valence-corrected chi connectivity index (χ1v) is 9.52. The number of ether oxygens (including phenoxy) is 2. The lowest BCUT2D eigenvalue weighted by atomic mass is 9.72. The molecule has 1 aliphatic heterocycles. The van der Waals surface area contributed by atoms with Crippen LogP contribution >= 0.6 is 0 Å². The number of para-hydroxylation sites is 3. The van der Waals surface area contributed by atoms with Crippen LogP contribution in [0.15, 0.2) is 54.2 Å². The summed E-state index contributed by atoms with van der Waals surface area (Å²) in [6.07, 6.45) is 2.70. The van der Waals surface area contributed by atoms with Gasteiger partial charge in [-0.25, -0.2) is 0 Å². The van der Waals surface area contributed by atoms with Crippen LogP contribution in [0, 0.1) is 11.3 Å². The molecule has 0 amide bonds. The molecule has 28 heavy (non-hydrogen) atoms. The lowest BCUT2D eigenvalue weighted by Crippen LogP contribution is -2.36. The number of benzene rings is 2. The lowest BCUT2D eigenvalue weighted by Gasteiger charge is -2.35. The maximum Gasteiger partial charge on any atom is 0.166 e. The van der Waals surface area contributed by atoms with Crippen LogP contribution in [0.5, 0.6) is 11.5 Å². The quantitative estimate of drug-likeness (QED) is 0.805.